The summed E-state index contributed by atoms with van der Waals surface area (Å²) in [5.74, 6) is 1.91. The fraction of sp³-hybridized carbons (Fsp3) is 0.913. The van der Waals surface area contributed by atoms with Crippen molar-refractivity contribution >= 4 is 10.8 Å². The molecule has 0 bridgehead atoms. The number of epoxide rings is 1. The van der Waals surface area contributed by atoms with E-state index in [4.69, 9.17) is 14.2 Å². The summed E-state index contributed by atoms with van der Waals surface area (Å²) >= 11 is 0. The molecule has 5 heteroatoms. The Morgan fingerprint density at radius 1 is 1.07 bits per heavy atom. The first-order chi connectivity index (χ1) is 13.5. The smallest absolute Gasteiger partial charge is 0.171 e. The van der Waals surface area contributed by atoms with Gasteiger partial charge in [-0.2, -0.15) is 0 Å². The summed E-state index contributed by atoms with van der Waals surface area (Å²) in [6.07, 6.45) is 13.8. The standard InChI is InChI=1S/C23H32O4S/c1-19-7-4-18-16(17(19)5-9-21(19)6-2-14-28(21)24)3-8-20-15-22(25-12-13-26-22)10-11-23(18,20)27-20/h4,16-17H,2-3,5-15H2,1H3/t16-,17-,19-,20+,21-,23+,28?/m0/s1. The van der Waals surface area contributed by atoms with E-state index in [1.165, 1.54) is 25.7 Å². The lowest BCUT2D eigenvalue weighted by atomic mass is 9.53. The highest BCUT2D eigenvalue weighted by molar-refractivity contribution is 7.86. The van der Waals surface area contributed by atoms with Crippen LogP contribution in [-0.4, -0.2) is 44.9 Å². The molecular formula is C23H32O4S. The van der Waals surface area contributed by atoms with Crippen molar-refractivity contribution in [1.29, 1.82) is 0 Å². The van der Waals surface area contributed by atoms with Gasteiger partial charge in [-0.3, -0.25) is 4.21 Å². The van der Waals surface area contributed by atoms with Crippen LogP contribution in [0.5, 0.6) is 0 Å². The van der Waals surface area contributed by atoms with Crippen LogP contribution in [0.1, 0.15) is 71.1 Å². The van der Waals surface area contributed by atoms with Crippen molar-refractivity contribution in [3.8, 4) is 0 Å². The summed E-state index contributed by atoms with van der Waals surface area (Å²) in [7, 11) is -0.635. The molecule has 28 heavy (non-hydrogen) atoms. The van der Waals surface area contributed by atoms with E-state index in [9.17, 15) is 4.21 Å². The maximum absolute atomic E-state index is 13.1. The second-order valence-corrected chi connectivity index (χ2v) is 12.8. The van der Waals surface area contributed by atoms with Gasteiger partial charge in [0.25, 0.3) is 0 Å². The van der Waals surface area contributed by atoms with E-state index < -0.39 is 10.8 Å². The third-order valence-corrected chi connectivity index (χ3v) is 12.7. The molecule has 0 aromatic carbocycles. The van der Waals surface area contributed by atoms with Crippen molar-refractivity contribution in [3.05, 3.63) is 11.6 Å². The number of allylic oxidation sites excluding steroid dienone is 1. The molecule has 3 saturated heterocycles. The van der Waals surface area contributed by atoms with Crippen LogP contribution in [0.25, 0.3) is 0 Å². The molecule has 7 rings (SSSR count). The van der Waals surface area contributed by atoms with Crippen LogP contribution in [0.4, 0.5) is 0 Å². The molecule has 1 unspecified atom stereocenters. The Hall–Kier alpha value is -0.230. The van der Waals surface area contributed by atoms with Crippen molar-refractivity contribution in [2.75, 3.05) is 19.0 Å². The number of rotatable bonds is 0. The molecule has 0 radical (unpaired) electrons. The van der Waals surface area contributed by atoms with Crippen LogP contribution in [-0.2, 0) is 25.0 Å². The molecule has 0 amide bonds. The predicted octanol–water partition coefficient (Wildman–Crippen LogP) is 3.86. The third kappa shape index (κ3) is 1.76. The average Bonchev–Trinajstić information content (AvgIpc) is 2.95. The highest BCUT2D eigenvalue weighted by Gasteiger charge is 2.79. The first-order valence-corrected chi connectivity index (χ1v) is 12.9. The minimum atomic E-state index is -0.635. The number of hydrogen-bond donors (Lipinski definition) is 0. The maximum Gasteiger partial charge on any atom is 0.171 e. The largest absolute Gasteiger partial charge is 0.358 e. The zero-order valence-electron chi connectivity index (χ0n) is 17.0. The van der Waals surface area contributed by atoms with Gasteiger partial charge in [0, 0.05) is 29.4 Å². The Balaban J connectivity index is 1.25. The molecule has 3 aliphatic heterocycles. The highest BCUT2D eigenvalue weighted by Crippen LogP contribution is 2.75. The number of ether oxygens (including phenoxy) is 3. The van der Waals surface area contributed by atoms with Gasteiger partial charge in [-0.05, 0) is 74.2 Å². The monoisotopic (exact) mass is 404 g/mol. The summed E-state index contributed by atoms with van der Waals surface area (Å²) in [5, 5.41) is 0. The molecule has 0 N–H and O–H groups in total. The average molecular weight is 405 g/mol. The van der Waals surface area contributed by atoms with Crippen molar-refractivity contribution < 1.29 is 18.4 Å². The van der Waals surface area contributed by atoms with Gasteiger partial charge in [0.2, 0.25) is 0 Å². The van der Waals surface area contributed by atoms with E-state index in [-0.39, 0.29) is 27.2 Å². The Kier molecular flexibility index (Phi) is 3.21. The van der Waals surface area contributed by atoms with E-state index in [0.717, 1.165) is 57.5 Å². The first-order valence-electron chi connectivity index (χ1n) is 11.6. The molecule has 2 spiro atoms. The van der Waals surface area contributed by atoms with Gasteiger partial charge in [-0.25, -0.2) is 0 Å². The molecule has 7 atom stereocenters. The van der Waals surface area contributed by atoms with Gasteiger partial charge in [0.05, 0.1) is 18.0 Å². The first kappa shape index (κ1) is 17.5. The van der Waals surface area contributed by atoms with Crippen molar-refractivity contribution in [2.45, 2.75) is 92.9 Å². The Bertz CT molecular complexity index is 802. The normalized spacial score (nSPS) is 58.2. The Labute approximate surface area is 170 Å². The van der Waals surface area contributed by atoms with Crippen molar-refractivity contribution in [3.63, 3.8) is 0 Å². The van der Waals surface area contributed by atoms with Gasteiger partial charge in [0.1, 0.15) is 11.2 Å². The molecule has 3 heterocycles. The van der Waals surface area contributed by atoms with E-state index in [1.807, 2.05) is 0 Å². The highest BCUT2D eigenvalue weighted by atomic mass is 32.2. The molecule has 7 aliphatic rings. The molecule has 154 valence electrons. The van der Waals surface area contributed by atoms with Crippen LogP contribution in [0.15, 0.2) is 11.6 Å². The fourth-order valence-corrected chi connectivity index (χ4v) is 11.3. The summed E-state index contributed by atoms with van der Waals surface area (Å²) < 4.78 is 32.0. The van der Waals surface area contributed by atoms with Crippen LogP contribution < -0.4 is 0 Å². The molecule has 4 aliphatic carbocycles. The molecule has 3 saturated carbocycles. The van der Waals surface area contributed by atoms with Gasteiger partial charge in [0.15, 0.2) is 5.79 Å². The molecule has 0 aromatic rings. The Morgan fingerprint density at radius 3 is 2.71 bits per heavy atom. The van der Waals surface area contributed by atoms with Gasteiger partial charge in [-0.1, -0.05) is 13.0 Å². The maximum atomic E-state index is 13.1. The van der Waals surface area contributed by atoms with E-state index in [1.54, 1.807) is 5.57 Å². The summed E-state index contributed by atoms with van der Waals surface area (Å²) in [6, 6.07) is 0. The summed E-state index contributed by atoms with van der Waals surface area (Å²) in [4.78, 5) is 0. The minimum absolute atomic E-state index is 0.0254. The lowest BCUT2D eigenvalue weighted by molar-refractivity contribution is -0.185. The van der Waals surface area contributed by atoms with Crippen LogP contribution in [0.3, 0.4) is 0 Å². The van der Waals surface area contributed by atoms with E-state index >= 15 is 0 Å². The molecular weight excluding hydrogens is 372 g/mol. The van der Waals surface area contributed by atoms with Gasteiger partial charge >= 0.3 is 0 Å². The topological polar surface area (TPSA) is 48.1 Å². The number of hydrogen-bond acceptors (Lipinski definition) is 4. The van der Waals surface area contributed by atoms with Gasteiger partial charge in [-0.15, -0.1) is 0 Å². The zero-order chi connectivity index (χ0) is 18.8. The van der Waals surface area contributed by atoms with E-state index in [2.05, 4.69) is 13.0 Å². The van der Waals surface area contributed by atoms with E-state index in [0.29, 0.717) is 11.8 Å². The lowest BCUT2D eigenvalue weighted by Gasteiger charge is -2.52. The van der Waals surface area contributed by atoms with Crippen LogP contribution in [0, 0.1) is 17.3 Å². The molecule has 4 nitrogen and oxygen atoms in total. The predicted molar refractivity (Wildman–Crippen MR) is 106 cm³/mol. The quantitative estimate of drug-likeness (QED) is 0.454. The second kappa shape index (κ2) is 5.15. The van der Waals surface area contributed by atoms with Crippen LogP contribution in [0.2, 0.25) is 0 Å². The lowest BCUT2D eigenvalue weighted by Crippen LogP contribution is -2.54. The van der Waals surface area contributed by atoms with Crippen LogP contribution >= 0.6 is 0 Å². The van der Waals surface area contributed by atoms with Crippen molar-refractivity contribution in [2.24, 2.45) is 17.3 Å². The van der Waals surface area contributed by atoms with Crippen molar-refractivity contribution in [1.82, 2.24) is 0 Å². The third-order valence-electron chi connectivity index (χ3n) is 10.3. The van der Waals surface area contributed by atoms with Gasteiger partial charge < -0.3 is 14.2 Å². The molecule has 0 aromatic heterocycles. The number of fused-ring (bicyclic) bond motifs is 4. The SMILES string of the molecule is C[C@]12CC=C3[C@@H](CC[C@@]45CC6(CC[C@@]34O5)OCCO6)[C@@H]1CC[C@@]21CCCS1=O. The summed E-state index contributed by atoms with van der Waals surface area (Å²) in [5.41, 5.74) is 1.79. The minimum Gasteiger partial charge on any atom is -0.358 e. The fourth-order valence-electron chi connectivity index (χ4n) is 9.00. The molecule has 6 fully saturated rings. The summed E-state index contributed by atoms with van der Waals surface area (Å²) in [6.45, 7) is 3.95. The Morgan fingerprint density at radius 2 is 1.93 bits per heavy atom. The zero-order valence-corrected chi connectivity index (χ0v) is 17.8. The second-order valence-electron chi connectivity index (χ2n) is 10.9.